The molecular weight excluding hydrogens is 444 g/mol. The van der Waals surface area contributed by atoms with Crippen LogP contribution in [0, 0.1) is 13.8 Å². The molecule has 1 fully saturated rings. The molecule has 1 aliphatic heterocycles. The Morgan fingerprint density at radius 3 is 2.55 bits per heavy atom. The van der Waals surface area contributed by atoms with E-state index in [0.29, 0.717) is 31.1 Å². The van der Waals surface area contributed by atoms with Gasteiger partial charge in [0.25, 0.3) is 5.56 Å². The van der Waals surface area contributed by atoms with E-state index in [4.69, 9.17) is 14.2 Å². The highest BCUT2D eigenvalue weighted by atomic mass is 32.2. The van der Waals surface area contributed by atoms with Crippen molar-refractivity contribution < 1.29 is 22.6 Å². The van der Waals surface area contributed by atoms with Gasteiger partial charge < -0.3 is 19.2 Å². The number of aryl methyl sites for hydroxylation is 2. The van der Waals surface area contributed by atoms with E-state index in [1.807, 2.05) is 26.0 Å². The number of sulfonamides is 1. The monoisotopic (exact) mass is 472 g/mol. The lowest BCUT2D eigenvalue weighted by molar-refractivity contribution is -0.0923. The Morgan fingerprint density at radius 1 is 1.12 bits per heavy atom. The zero-order valence-corrected chi connectivity index (χ0v) is 19.8. The summed E-state index contributed by atoms with van der Waals surface area (Å²) in [7, 11) is -2.40. The van der Waals surface area contributed by atoms with Gasteiger partial charge in [-0.05, 0) is 61.4 Å². The van der Waals surface area contributed by atoms with Gasteiger partial charge in [0.15, 0.2) is 0 Å². The molecule has 2 aromatic carbocycles. The number of pyridine rings is 1. The molecule has 176 valence electrons. The van der Waals surface area contributed by atoms with E-state index in [9.17, 15) is 13.2 Å². The highest BCUT2D eigenvalue weighted by Gasteiger charge is 2.30. The fraction of sp³-hybridized carbons (Fsp3) is 0.375. The van der Waals surface area contributed by atoms with E-state index < -0.39 is 16.1 Å². The Labute approximate surface area is 193 Å². The fourth-order valence-corrected chi connectivity index (χ4v) is 5.49. The predicted molar refractivity (Wildman–Crippen MR) is 125 cm³/mol. The van der Waals surface area contributed by atoms with Crippen molar-refractivity contribution in [3.05, 3.63) is 69.5 Å². The Kier molecular flexibility index (Phi) is 6.85. The first-order valence-electron chi connectivity index (χ1n) is 10.7. The first-order chi connectivity index (χ1) is 15.8. The number of aromatic nitrogens is 1. The number of ether oxygens (including phenoxy) is 3. The molecule has 9 heteroatoms. The molecule has 33 heavy (non-hydrogen) atoms. The zero-order valence-electron chi connectivity index (χ0n) is 19.0. The number of hydrogen-bond acceptors (Lipinski definition) is 6. The number of hydrogen-bond donors (Lipinski definition) is 1. The minimum absolute atomic E-state index is 0.0682. The number of rotatable bonds is 7. The second-order valence-corrected chi connectivity index (χ2v) is 10.1. The Morgan fingerprint density at radius 2 is 1.88 bits per heavy atom. The van der Waals surface area contributed by atoms with Crippen molar-refractivity contribution in [3.63, 3.8) is 0 Å². The fourth-order valence-electron chi connectivity index (χ4n) is 4.04. The van der Waals surface area contributed by atoms with Crippen molar-refractivity contribution >= 4 is 20.9 Å². The van der Waals surface area contributed by atoms with Gasteiger partial charge >= 0.3 is 0 Å². The van der Waals surface area contributed by atoms with Gasteiger partial charge in [-0.15, -0.1) is 0 Å². The standard InChI is InChI=1S/C24H28N2O6S/c1-16-10-17(2)22-12-18(24(27)25-23(22)11-16)13-26(14-20-15-31-8-9-32-20)33(28,29)21-6-4-19(30-3)5-7-21/h4-7,10-12,20H,8-9,13-15H2,1-3H3,(H,25,27). The van der Waals surface area contributed by atoms with Crippen molar-refractivity contribution in [2.45, 2.75) is 31.4 Å². The van der Waals surface area contributed by atoms with Crippen LogP contribution >= 0.6 is 0 Å². The Hall–Kier alpha value is -2.72. The number of benzene rings is 2. The Balaban J connectivity index is 1.73. The molecule has 8 nitrogen and oxygen atoms in total. The van der Waals surface area contributed by atoms with Crippen LogP contribution < -0.4 is 10.3 Å². The molecule has 1 aliphatic rings. The maximum absolute atomic E-state index is 13.6. The maximum atomic E-state index is 13.6. The maximum Gasteiger partial charge on any atom is 0.252 e. The van der Waals surface area contributed by atoms with Gasteiger partial charge in [-0.3, -0.25) is 4.79 Å². The third-order valence-electron chi connectivity index (χ3n) is 5.73. The average molecular weight is 473 g/mol. The van der Waals surface area contributed by atoms with Crippen LogP contribution in [0.2, 0.25) is 0 Å². The number of fused-ring (bicyclic) bond motifs is 1. The van der Waals surface area contributed by atoms with Gasteiger partial charge in [0, 0.05) is 29.6 Å². The van der Waals surface area contributed by atoms with E-state index in [1.165, 1.54) is 23.5 Å². The largest absolute Gasteiger partial charge is 0.497 e. The van der Waals surface area contributed by atoms with Crippen LogP contribution in [0.5, 0.6) is 5.75 Å². The third-order valence-corrected chi connectivity index (χ3v) is 7.55. The third kappa shape index (κ3) is 5.11. The average Bonchev–Trinajstić information content (AvgIpc) is 2.80. The summed E-state index contributed by atoms with van der Waals surface area (Å²) in [5.74, 6) is 0.557. The molecule has 0 radical (unpaired) electrons. The van der Waals surface area contributed by atoms with Crippen LogP contribution in [0.4, 0.5) is 0 Å². The molecule has 0 amide bonds. The molecule has 0 aliphatic carbocycles. The second kappa shape index (κ2) is 9.64. The van der Waals surface area contributed by atoms with Gasteiger partial charge in [0.2, 0.25) is 10.0 Å². The normalized spacial score (nSPS) is 16.9. The zero-order chi connectivity index (χ0) is 23.6. The molecule has 0 saturated carbocycles. The van der Waals surface area contributed by atoms with Crippen LogP contribution in [0.1, 0.15) is 16.7 Å². The quantitative estimate of drug-likeness (QED) is 0.568. The van der Waals surface area contributed by atoms with E-state index in [-0.39, 0.29) is 23.5 Å². The molecule has 1 aromatic heterocycles. The number of H-pyrrole nitrogens is 1. The summed E-state index contributed by atoms with van der Waals surface area (Å²) in [6, 6.07) is 11.9. The predicted octanol–water partition coefficient (Wildman–Crippen LogP) is 2.76. The minimum Gasteiger partial charge on any atom is -0.497 e. The van der Waals surface area contributed by atoms with Crippen molar-refractivity contribution in [3.8, 4) is 5.75 Å². The van der Waals surface area contributed by atoms with E-state index in [0.717, 1.165) is 22.0 Å². The number of aromatic amines is 1. The molecule has 3 aromatic rings. The summed E-state index contributed by atoms with van der Waals surface area (Å²) in [4.78, 5) is 15.9. The molecule has 1 saturated heterocycles. The lowest BCUT2D eigenvalue weighted by Crippen LogP contribution is -2.43. The van der Waals surface area contributed by atoms with Crippen LogP contribution in [0.15, 0.2) is 52.2 Å². The summed E-state index contributed by atoms with van der Waals surface area (Å²) in [5.41, 5.74) is 2.83. The number of nitrogens with zero attached hydrogens (tertiary/aromatic N) is 1. The number of methoxy groups -OCH3 is 1. The summed E-state index contributed by atoms with van der Waals surface area (Å²) in [6.45, 7) is 5.08. The smallest absolute Gasteiger partial charge is 0.252 e. The lowest BCUT2D eigenvalue weighted by atomic mass is 10.0. The molecular formula is C24H28N2O6S. The van der Waals surface area contributed by atoms with Crippen molar-refractivity contribution in [2.24, 2.45) is 0 Å². The van der Waals surface area contributed by atoms with E-state index in [2.05, 4.69) is 4.98 Å². The van der Waals surface area contributed by atoms with Crippen molar-refractivity contribution in [2.75, 3.05) is 33.5 Å². The summed E-state index contributed by atoms with van der Waals surface area (Å²) >= 11 is 0. The molecule has 2 heterocycles. The molecule has 0 spiro atoms. The van der Waals surface area contributed by atoms with E-state index in [1.54, 1.807) is 18.2 Å². The van der Waals surface area contributed by atoms with Crippen LogP contribution in [0.3, 0.4) is 0 Å². The van der Waals surface area contributed by atoms with Crippen LogP contribution in [0.25, 0.3) is 10.9 Å². The second-order valence-electron chi connectivity index (χ2n) is 8.21. The van der Waals surface area contributed by atoms with Gasteiger partial charge in [0.05, 0.1) is 37.9 Å². The van der Waals surface area contributed by atoms with Crippen LogP contribution in [-0.4, -0.2) is 57.3 Å². The SMILES string of the molecule is COc1ccc(S(=O)(=O)N(Cc2cc3c(C)cc(C)cc3[nH]c2=O)CC2COCCO2)cc1. The molecule has 1 N–H and O–H groups in total. The van der Waals surface area contributed by atoms with E-state index >= 15 is 0 Å². The topological polar surface area (TPSA) is 97.9 Å². The van der Waals surface area contributed by atoms with Crippen LogP contribution in [-0.2, 0) is 26.0 Å². The molecule has 1 atom stereocenters. The van der Waals surface area contributed by atoms with Gasteiger partial charge in [-0.25, -0.2) is 8.42 Å². The first-order valence-corrected chi connectivity index (χ1v) is 12.2. The van der Waals surface area contributed by atoms with Gasteiger partial charge in [-0.1, -0.05) is 6.07 Å². The highest BCUT2D eigenvalue weighted by Crippen LogP contribution is 2.24. The first kappa shape index (κ1) is 23.4. The Bertz CT molecular complexity index is 1300. The molecule has 0 bridgehead atoms. The molecule has 1 unspecified atom stereocenters. The van der Waals surface area contributed by atoms with Gasteiger partial charge in [0.1, 0.15) is 5.75 Å². The van der Waals surface area contributed by atoms with Crippen molar-refractivity contribution in [1.29, 1.82) is 0 Å². The number of nitrogens with one attached hydrogen (secondary N) is 1. The summed E-state index contributed by atoms with van der Waals surface area (Å²) in [6.07, 6.45) is -0.421. The summed E-state index contributed by atoms with van der Waals surface area (Å²) in [5, 5.41) is 0.884. The minimum atomic E-state index is -3.92. The highest BCUT2D eigenvalue weighted by molar-refractivity contribution is 7.89. The summed E-state index contributed by atoms with van der Waals surface area (Å²) < 4.78 is 44.7. The lowest BCUT2D eigenvalue weighted by Gasteiger charge is -2.29. The molecule has 4 rings (SSSR count). The van der Waals surface area contributed by atoms with Crippen molar-refractivity contribution in [1.82, 2.24) is 9.29 Å². The van der Waals surface area contributed by atoms with Gasteiger partial charge in [-0.2, -0.15) is 4.31 Å².